The van der Waals surface area contributed by atoms with Gasteiger partial charge in [-0.2, -0.15) is 11.3 Å². The first-order valence-corrected chi connectivity index (χ1v) is 8.67. The third-order valence-electron chi connectivity index (χ3n) is 4.05. The van der Waals surface area contributed by atoms with Gasteiger partial charge in [0, 0.05) is 11.1 Å². The number of benzene rings is 2. The van der Waals surface area contributed by atoms with Gasteiger partial charge in [-0.25, -0.2) is 0 Å². The van der Waals surface area contributed by atoms with Crippen LogP contribution in [-0.4, -0.2) is 28.4 Å². The van der Waals surface area contributed by atoms with Crippen molar-refractivity contribution < 1.29 is 18.9 Å². The molecule has 3 aromatic rings. The quantitative estimate of drug-likeness (QED) is 0.614. The van der Waals surface area contributed by atoms with Crippen LogP contribution in [0, 0.1) is 0 Å². The maximum Gasteiger partial charge on any atom is 0.203 e. The zero-order valence-electron chi connectivity index (χ0n) is 14.7. The summed E-state index contributed by atoms with van der Waals surface area (Å²) < 4.78 is 22.1. The van der Waals surface area contributed by atoms with Gasteiger partial charge < -0.3 is 18.9 Å². The van der Waals surface area contributed by atoms with Crippen molar-refractivity contribution in [3.63, 3.8) is 0 Å². The van der Waals surface area contributed by atoms with E-state index >= 15 is 0 Å². The first kappa shape index (κ1) is 17.2. The fourth-order valence-corrected chi connectivity index (χ4v) is 3.51. The average Bonchev–Trinajstić information content (AvgIpc) is 3.20. The van der Waals surface area contributed by atoms with Crippen LogP contribution in [0.4, 0.5) is 0 Å². The molecule has 0 aliphatic heterocycles. The van der Waals surface area contributed by atoms with Gasteiger partial charge in [0.15, 0.2) is 11.5 Å². The highest BCUT2D eigenvalue weighted by atomic mass is 32.1. The van der Waals surface area contributed by atoms with Crippen LogP contribution in [0.2, 0.25) is 0 Å². The summed E-state index contributed by atoms with van der Waals surface area (Å²) in [4.78, 5) is 0. The molecule has 0 unspecified atom stereocenters. The Balaban J connectivity index is 2.23. The second kappa shape index (κ2) is 7.49. The van der Waals surface area contributed by atoms with Crippen molar-refractivity contribution in [2.24, 2.45) is 0 Å². The van der Waals surface area contributed by atoms with Crippen LogP contribution in [0.1, 0.15) is 0 Å². The van der Waals surface area contributed by atoms with Crippen LogP contribution in [-0.2, 0) is 0 Å². The summed E-state index contributed by atoms with van der Waals surface area (Å²) in [6, 6.07) is 12.0. The molecule has 130 valence electrons. The molecule has 0 saturated heterocycles. The van der Waals surface area contributed by atoms with Crippen LogP contribution in [0.3, 0.4) is 0 Å². The van der Waals surface area contributed by atoms with E-state index in [4.69, 9.17) is 18.9 Å². The molecule has 1 heterocycles. The molecular weight excluding hydrogens is 336 g/mol. The zero-order chi connectivity index (χ0) is 17.8. The lowest BCUT2D eigenvalue weighted by Gasteiger charge is -2.18. The molecule has 2 aromatic carbocycles. The Morgan fingerprint density at radius 1 is 0.640 bits per heavy atom. The highest BCUT2D eigenvalue weighted by molar-refractivity contribution is 7.08. The minimum Gasteiger partial charge on any atom is -0.496 e. The summed E-state index contributed by atoms with van der Waals surface area (Å²) in [5.41, 5.74) is 4.11. The Bertz CT molecular complexity index is 856. The van der Waals surface area contributed by atoms with E-state index < -0.39 is 0 Å². The van der Waals surface area contributed by atoms with E-state index in [1.54, 1.807) is 39.8 Å². The molecule has 0 bridgehead atoms. The molecular formula is C20H20O4S. The predicted octanol–water partition coefficient (Wildman–Crippen LogP) is 5.12. The second-order valence-electron chi connectivity index (χ2n) is 5.31. The van der Waals surface area contributed by atoms with Gasteiger partial charge in [0.1, 0.15) is 5.75 Å². The van der Waals surface area contributed by atoms with Gasteiger partial charge in [0.2, 0.25) is 5.75 Å². The summed E-state index contributed by atoms with van der Waals surface area (Å²) in [6.45, 7) is 0. The predicted molar refractivity (Wildman–Crippen MR) is 101 cm³/mol. The van der Waals surface area contributed by atoms with E-state index in [0.29, 0.717) is 17.2 Å². The minimum absolute atomic E-state index is 0.561. The molecule has 5 heteroatoms. The third-order valence-corrected chi connectivity index (χ3v) is 4.73. The van der Waals surface area contributed by atoms with Crippen LogP contribution in [0.25, 0.3) is 22.3 Å². The van der Waals surface area contributed by atoms with Gasteiger partial charge in [-0.3, -0.25) is 0 Å². The summed E-state index contributed by atoms with van der Waals surface area (Å²) >= 11 is 1.67. The number of hydrogen-bond acceptors (Lipinski definition) is 5. The molecule has 0 spiro atoms. The monoisotopic (exact) mass is 356 g/mol. The Morgan fingerprint density at radius 3 is 1.96 bits per heavy atom. The van der Waals surface area contributed by atoms with Crippen LogP contribution in [0.15, 0.2) is 47.2 Å². The maximum atomic E-state index is 5.64. The Kier molecular flexibility index (Phi) is 5.14. The molecule has 0 saturated carbocycles. The molecule has 25 heavy (non-hydrogen) atoms. The highest BCUT2D eigenvalue weighted by Gasteiger charge is 2.20. The minimum atomic E-state index is 0.561. The molecule has 0 atom stereocenters. The van der Waals surface area contributed by atoms with Gasteiger partial charge in [-0.1, -0.05) is 6.07 Å². The fourth-order valence-electron chi connectivity index (χ4n) is 2.84. The number of methoxy groups -OCH3 is 4. The molecule has 0 aliphatic carbocycles. The van der Waals surface area contributed by atoms with E-state index in [0.717, 1.165) is 22.4 Å². The Labute approximate surface area is 151 Å². The van der Waals surface area contributed by atoms with Crippen molar-refractivity contribution in [1.82, 2.24) is 0 Å². The molecule has 0 N–H and O–H groups in total. The van der Waals surface area contributed by atoms with Gasteiger partial charge in [0.05, 0.1) is 28.4 Å². The maximum absolute atomic E-state index is 5.64. The first-order valence-electron chi connectivity index (χ1n) is 7.73. The molecule has 3 rings (SSSR count). The van der Waals surface area contributed by atoms with Gasteiger partial charge in [-0.15, -0.1) is 0 Å². The van der Waals surface area contributed by atoms with Gasteiger partial charge >= 0.3 is 0 Å². The third kappa shape index (κ3) is 3.15. The van der Waals surface area contributed by atoms with Gasteiger partial charge in [0.25, 0.3) is 0 Å². The second-order valence-corrected chi connectivity index (χ2v) is 6.09. The smallest absolute Gasteiger partial charge is 0.203 e. The number of ether oxygens (including phenoxy) is 4. The van der Waals surface area contributed by atoms with Crippen molar-refractivity contribution in [3.8, 4) is 45.3 Å². The molecule has 0 radical (unpaired) electrons. The number of thiophene rings is 1. The van der Waals surface area contributed by atoms with E-state index in [-0.39, 0.29) is 0 Å². The van der Waals surface area contributed by atoms with E-state index in [1.807, 2.05) is 18.2 Å². The standard InChI is InChI=1S/C20H20O4S/c1-21-17-7-5-13(14-9-10-25-12-14)11-16(17)15-6-8-18(22-2)20(24-4)19(15)23-3/h5-12H,1-4H3. The molecule has 4 nitrogen and oxygen atoms in total. The first-order chi connectivity index (χ1) is 12.2. The molecule has 0 amide bonds. The normalized spacial score (nSPS) is 10.4. The lowest BCUT2D eigenvalue weighted by atomic mass is 9.98. The summed E-state index contributed by atoms with van der Waals surface area (Å²) in [7, 11) is 6.49. The van der Waals surface area contributed by atoms with Gasteiger partial charge in [-0.05, 0) is 52.2 Å². The zero-order valence-corrected chi connectivity index (χ0v) is 15.5. The number of rotatable bonds is 6. The molecule has 0 fully saturated rings. The van der Waals surface area contributed by atoms with Crippen molar-refractivity contribution in [3.05, 3.63) is 47.2 Å². The van der Waals surface area contributed by atoms with Crippen molar-refractivity contribution in [2.75, 3.05) is 28.4 Å². The highest BCUT2D eigenvalue weighted by Crippen LogP contribution is 2.47. The summed E-state index contributed by atoms with van der Waals surface area (Å²) in [5.74, 6) is 2.56. The Morgan fingerprint density at radius 2 is 1.36 bits per heavy atom. The SMILES string of the molecule is COc1ccc(-c2ccsc2)cc1-c1ccc(OC)c(OC)c1OC. The summed E-state index contributed by atoms with van der Waals surface area (Å²) in [5, 5.41) is 4.19. The van der Waals surface area contributed by atoms with E-state index in [1.165, 1.54) is 5.56 Å². The van der Waals surface area contributed by atoms with Crippen LogP contribution >= 0.6 is 11.3 Å². The number of hydrogen-bond donors (Lipinski definition) is 0. The average molecular weight is 356 g/mol. The van der Waals surface area contributed by atoms with Crippen molar-refractivity contribution in [2.45, 2.75) is 0 Å². The van der Waals surface area contributed by atoms with Crippen LogP contribution in [0.5, 0.6) is 23.0 Å². The van der Waals surface area contributed by atoms with E-state index in [9.17, 15) is 0 Å². The van der Waals surface area contributed by atoms with Crippen molar-refractivity contribution >= 4 is 11.3 Å². The fraction of sp³-hybridized carbons (Fsp3) is 0.200. The largest absolute Gasteiger partial charge is 0.496 e. The van der Waals surface area contributed by atoms with Crippen molar-refractivity contribution in [1.29, 1.82) is 0 Å². The lowest BCUT2D eigenvalue weighted by Crippen LogP contribution is -1.98. The van der Waals surface area contributed by atoms with E-state index in [2.05, 4.69) is 29.0 Å². The molecule has 0 aliphatic rings. The molecule has 1 aromatic heterocycles. The lowest BCUT2D eigenvalue weighted by molar-refractivity contribution is 0.325. The van der Waals surface area contributed by atoms with Crippen LogP contribution < -0.4 is 18.9 Å². The topological polar surface area (TPSA) is 36.9 Å². The summed E-state index contributed by atoms with van der Waals surface area (Å²) in [6.07, 6.45) is 0. The Hall–Kier alpha value is -2.66.